The minimum atomic E-state index is -0.760. The van der Waals surface area contributed by atoms with Crippen LogP contribution < -0.4 is 5.32 Å². The molecule has 0 rings (SSSR count). The zero-order chi connectivity index (χ0) is 14.2. The Morgan fingerprint density at radius 2 is 1.89 bits per heavy atom. The third-order valence-electron chi connectivity index (χ3n) is 3.29. The largest absolute Gasteiger partial charge is 0.481 e. The van der Waals surface area contributed by atoms with E-state index in [9.17, 15) is 9.59 Å². The molecule has 0 heterocycles. The summed E-state index contributed by atoms with van der Waals surface area (Å²) in [5.41, 5.74) is -0.0420. The van der Waals surface area contributed by atoms with Crippen LogP contribution in [0.2, 0.25) is 0 Å². The fourth-order valence-electron chi connectivity index (χ4n) is 1.83. The molecule has 0 aliphatic carbocycles. The Balaban J connectivity index is 3.88. The topological polar surface area (TPSA) is 66.4 Å². The smallest absolute Gasteiger partial charge is 0.303 e. The lowest BCUT2D eigenvalue weighted by atomic mass is 9.84. The summed E-state index contributed by atoms with van der Waals surface area (Å²) in [5.74, 6) is -0.591. The van der Waals surface area contributed by atoms with Gasteiger partial charge in [-0.3, -0.25) is 9.59 Å². The summed E-state index contributed by atoms with van der Waals surface area (Å²) in [6, 6.07) is 0. The molecule has 0 aromatic carbocycles. The molecule has 0 radical (unpaired) electrons. The van der Waals surface area contributed by atoms with Crippen molar-refractivity contribution in [2.45, 2.75) is 59.8 Å². The van der Waals surface area contributed by atoms with Gasteiger partial charge in [-0.2, -0.15) is 0 Å². The van der Waals surface area contributed by atoms with Crippen molar-refractivity contribution in [2.75, 3.05) is 6.54 Å². The van der Waals surface area contributed by atoms with Gasteiger partial charge in [-0.25, -0.2) is 0 Å². The van der Waals surface area contributed by atoms with Crippen LogP contribution in [0, 0.1) is 11.3 Å². The van der Waals surface area contributed by atoms with E-state index in [4.69, 9.17) is 5.11 Å². The number of nitrogens with one attached hydrogen (secondary N) is 1. The quantitative estimate of drug-likeness (QED) is 0.667. The Morgan fingerprint density at radius 1 is 1.28 bits per heavy atom. The second-order valence-electron chi connectivity index (χ2n) is 5.79. The van der Waals surface area contributed by atoms with Crippen molar-refractivity contribution in [3.63, 3.8) is 0 Å². The average molecular weight is 257 g/mol. The molecule has 0 saturated carbocycles. The Morgan fingerprint density at radius 3 is 2.39 bits per heavy atom. The molecule has 1 amide bonds. The Hall–Kier alpha value is -1.06. The summed E-state index contributed by atoms with van der Waals surface area (Å²) in [6.45, 7) is 8.71. The molecule has 106 valence electrons. The van der Waals surface area contributed by atoms with E-state index < -0.39 is 5.97 Å². The van der Waals surface area contributed by atoms with Crippen LogP contribution in [0.1, 0.15) is 59.8 Å². The number of aliphatic carboxylic acids is 1. The first-order valence-electron chi connectivity index (χ1n) is 6.78. The fourth-order valence-corrected chi connectivity index (χ4v) is 1.83. The summed E-state index contributed by atoms with van der Waals surface area (Å²) in [6.07, 6.45) is 3.56. The number of carboxylic acids is 1. The third-order valence-corrected chi connectivity index (χ3v) is 3.29. The van der Waals surface area contributed by atoms with Gasteiger partial charge in [-0.15, -0.1) is 0 Å². The van der Waals surface area contributed by atoms with Gasteiger partial charge in [0.05, 0.1) is 0 Å². The molecule has 18 heavy (non-hydrogen) atoms. The van der Waals surface area contributed by atoms with Gasteiger partial charge in [0.15, 0.2) is 0 Å². The lowest BCUT2D eigenvalue weighted by Gasteiger charge is -2.24. The highest BCUT2D eigenvalue weighted by Gasteiger charge is 2.19. The normalized spacial score (nSPS) is 13.1. The van der Waals surface area contributed by atoms with E-state index in [2.05, 4.69) is 12.2 Å². The highest BCUT2D eigenvalue weighted by Crippen LogP contribution is 2.26. The van der Waals surface area contributed by atoms with E-state index in [1.807, 2.05) is 20.8 Å². The Kier molecular flexibility index (Phi) is 7.64. The molecule has 0 saturated heterocycles. The van der Waals surface area contributed by atoms with Crippen LogP contribution in [-0.4, -0.2) is 23.5 Å². The van der Waals surface area contributed by atoms with Gasteiger partial charge in [0.1, 0.15) is 0 Å². The molecule has 1 atom stereocenters. The minimum Gasteiger partial charge on any atom is -0.481 e. The van der Waals surface area contributed by atoms with Crippen LogP contribution in [0.5, 0.6) is 0 Å². The van der Waals surface area contributed by atoms with Gasteiger partial charge < -0.3 is 10.4 Å². The van der Waals surface area contributed by atoms with Crippen molar-refractivity contribution < 1.29 is 14.7 Å². The molecule has 0 fully saturated rings. The third kappa shape index (κ3) is 8.09. The van der Waals surface area contributed by atoms with E-state index in [1.54, 1.807) is 0 Å². The summed E-state index contributed by atoms with van der Waals surface area (Å²) in [4.78, 5) is 22.2. The van der Waals surface area contributed by atoms with Gasteiger partial charge >= 0.3 is 5.97 Å². The maximum Gasteiger partial charge on any atom is 0.303 e. The molecule has 4 heteroatoms. The first kappa shape index (κ1) is 16.9. The number of carbonyl (C=O) groups excluding carboxylic acids is 1. The van der Waals surface area contributed by atoms with Crippen molar-refractivity contribution in [3.05, 3.63) is 0 Å². The second-order valence-corrected chi connectivity index (χ2v) is 5.79. The maximum absolute atomic E-state index is 11.7. The molecule has 0 aromatic heterocycles. The van der Waals surface area contributed by atoms with E-state index >= 15 is 0 Å². The van der Waals surface area contributed by atoms with Crippen molar-refractivity contribution in [1.82, 2.24) is 5.32 Å². The summed E-state index contributed by atoms with van der Waals surface area (Å²) in [7, 11) is 0. The zero-order valence-electron chi connectivity index (χ0n) is 12.1. The van der Waals surface area contributed by atoms with Gasteiger partial charge in [0.2, 0.25) is 5.91 Å². The summed E-state index contributed by atoms with van der Waals surface area (Å²) < 4.78 is 0. The predicted molar refractivity (Wildman–Crippen MR) is 72.3 cm³/mol. The standard InChI is InChI=1S/C14H27NO3/c1-5-6-11(2)13(18)15-10-9-14(3,4)8-7-12(16)17/h11H,5-10H2,1-4H3,(H,15,18)(H,16,17). The lowest BCUT2D eigenvalue weighted by molar-refractivity contribution is -0.137. The number of rotatable bonds is 9. The van der Waals surface area contributed by atoms with Crippen molar-refractivity contribution in [3.8, 4) is 0 Å². The number of amides is 1. The van der Waals surface area contributed by atoms with E-state index in [0.717, 1.165) is 19.3 Å². The van der Waals surface area contributed by atoms with E-state index in [-0.39, 0.29) is 23.7 Å². The van der Waals surface area contributed by atoms with Gasteiger partial charge in [-0.1, -0.05) is 34.1 Å². The molecular formula is C14H27NO3. The van der Waals surface area contributed by atoms with Crippen molar-refractivity contribution >= 4 is 11.9 Å². The number of hydrogen-bond donors (Lipinski definition) is 2. The molecule has 0 bridgehead atoms. The van der Waals surface area contributed by atoms with Crippen molar-refractivity contribution in [2.24, 2.45) is 11.3 Å². The molecule has 4 nitrogen and oxygen atoms in total. The fraction of sp³-hybridized carbons (Fsp3) is 0.857. The zero-order valence-corrected chi connectivity index (χ0v) is 12.1. The highest BCUT2D eigenvalue weighted by molar-refractivity contribution is 5.78. The number of carbonyl (C=O) groups is 2. The van der Waals surface area contributed by atoms with Crippen LogP contribution in [0.4, 0.5) is 0 Å². The van der Waals surface area contributed by atoms with Crippen molar-refractivity contribution in [1.29, 1.82) is 0 Å². The molecular weight excluding hydrogens is 230 g/mol. The molecule has 0 spiro atoms. The van der Waals surface area contributed by atoms with Crippen LogP contribution in [0.3, 0.4) is 0 Å². The van der Waals surface area contributed by atoms with Gasteiger partial charge in [0.25, 0.3) is 0 Å². The van der Waals surface area contributed by atoms with Crippen LogP contribution >= 0.6 is 0 Å². The van der Waals surface area contributed by atoms with Crippen LogP contribution in [0.25, 0.3) is 0 Å². The minimum absolute atomic E-state index is 0.0420. The Bertz CT molecular complexity index is 274. The van der Waals surface area contributed by atoms with Crippen LogP contribution in [0.15, 0.2) is 0 Å². The maximum atomic E-state index is 11.7. The first-order valence-corrected chi connectivity index (χ1v) is 6.78. The van der Waals surface area contributed by atoms with Gasteiger partial charge in [-0.05, 0) is 24.7 Å². The second kappa shape index (κ2) is 8.11. The monoisotopic (exact) mass is 257 g/mol. The van der Waals surface area contributed by atoms with E-state index in [1.165, 1.54) is 0 Å². The summed E-state index contributed by atoms with van der Waals surface area (Å²) >= 11 is 0. The molecule has 0 aliphatic rings. The highest BCUT2D eigenvalue weighted by atomic mass is 16.4. The summed E-state index contributed by atoms with van der Waals surface area (Å²) in [5, 5.41) is 11.6. The molecule has 0 aromatic rings. The van der Waals surface area contributed by atoms with Gasteiger partial charge in [0, 0.05) is 18.9 Å². The van der Waals surface area contributed by atoms with E-state index in [0.29, 0.717) is 13.0 Å². The number of hydrogen-bond acceptors (Lipinski definition) is 2. The first-order chi connectivity index (χ1) is 8.28. The lowest BCUT2D eigenvalue weighted by Crippen LogP contribution is -2.32. The van der Waals surface area contributed by atoms with Crippen LogP contribution in [-0.2, 0) is 9.59 Å². The number of carboxylic acid groups (broad SMARTS) is 1. The average Bonchev–Trinajstić information content (AvgIpc) is 2.26. The Labute approximate surface area is 110 Å². The predicted octanol–water partition coefficient (Wildman–Crippen LogP) is 2.82. The molecule has 0 aliphatic heterocycles. The molecule has 1 unspecified atom stereocenters. The molecule has 2 N–H and O–H groups in total. The SMILES string of the molecule is CCCC(C)C(=O)NCCC(C)(C)CCC(=O)O.